The third-order valence-corrected chi connectivity index (χ3v) is 3.70. The molecule has 2 aromatic rings. The van der Waals surface area contributed by atoms with Gasteiger partial charge in [-0.05, 0) is 51.4 Å². The maximum atomic E-state index is 5.70. The van der Waals surface area contributed by atoms with E-state index in [-0.39, 0.29) is 5.54 Å². The van der Waals surface area contributed by atoms with Gasteiger partial charge in [0.1, 0.15) is 5.82 Å². The smallest absolute Gasteiger partial charge is 0.106 e. The highest BCUT2D eigenvalue weighted by Crippen LogP contribution is 2.16. The van der Waals surface area contributed by atoms with Crippen molar-refractivity contribution in [1.82, 2.24) is 14.9 Å². The van der Waals surface area contributed by atoms with Crippen molar-refractivity contribution in [3.8, 4) is 0 Å². The summed E-state index contributed by atoms with van der Waals surface area (Å²) in [5.41, 5.74) is 9.29. The molecule has 0 aliphatic heterocycles. The molecule has 0 spiro atoms. The van der Waals surface area contributed by atoms with Crippen LogP contribution in [-0.4, -0.2) is 28.2 Å². The molecule has 19 heavy (non-hydrogen) atoms. The van der Waals surface area contributed by atoms with Crippen molar-refractivity contribution in [2.75, 3.05) is 13.1 Å². The molecule has 0 aliphatic rings. The first-order chi connectivity index (χ1) is 8.93. The van der Waals surface area contributed by atoms with Crippen molar-refractivity contribution in [1.29, 1.82) is 0 Å². The minimum Gasteiger partial charge on any atom is -0.331 e. The number of fused-ring (bicyclic) bond motifs is 1. The second-order valence-corrected chi connectivity index (χ2v) is 5.81. The summed E-state index contributed by atoms with van der Waals surface area (Å²) in [6.07, 6.45) is 0.995. The summed E-state index contributed by atoms with van der Waals surface area (Å²) in [5, 5.41) is 3.47. The maximum Gasteiger partial charge on any atom is 0.106 e. The number of aryl methyl sites for hydroxylation is 2. The lowest BCUT2D eigenvalue weighted by atomic mass is 10.1. The Balaban J connectivity index is 2.06. The normalized spacial score (nSPS) is 12.3. The molecule has 0 saturated heterocycles. The van der Waals surface area contributed by atoms with Crippen LogP contribution in [0.15, 0.2) is 18.2 Å². The molecule has 0 fully saturated rings. The molecule has 0 bridgehead atoms. The van der Waals surface area contributed by atoms with Crippen LogP contribution in [0.1, 0.15) is 25.2 Å². The van der Waals surface area contributed by atoms with E-state index in [2.05, 4.69) is 54.0 Å². The number of hydrogen-bond donors (Lipinski definition) is 2. The zero-order valence-corrected chi connectivity index (χ0v) is 12.3. The number of imidazole rings is 1. The zero-order chi connectivity index (χ0) is 14.0. The lowest BCUT2D eigenvalue weighted by Crippen LogP contribution is -2.46. The monoisotopic (exact) mass is 260 g/mol. The van der Waals surface area contributed by atoms with Crippen LogP contribution in [0.2, 0.25) is 0 Å². The molecule has 1 heterocycles. The molecule has 104 valence electrons. The quantitative estimate of drug-likeness (QED) is 0.861. The second kappa shape index (κ2) is 5.31. The number of nitrogens with zero attached hydrogens (tertiary/aromatic N) is 2. The molecular formula is C15H24N4. The maximum absolute atomic E-state index is 5.70. The first-order valence-electron chi connectivity index (χ1n) is 6.80. The zero-order valence-electron chi connectivity index (χ0n) is 12.3. The van der Waals surface area contributed by atoms with Crippen molar-refractivity contribution < 1.29 is 0 Å². The molecule has 0 radical (unpaired) electrons. The van der Waals surface area contributed by atoms with Crippen molar-refractivity contribution in [2.45, 2.75) is 32.7 Å². The standard InChI is InChI=1S/C15H24N4/c1-11-18-13-9-12(5-6-14(13)19(11)4)7-8-17-15(2,3)10-16/h5-6,9,17H,7-8,10,16H2,1-4H3. The third-order valence-electron chi connectivity index (χ3n) is 3.70. The Labute approximate surface area is 115 Å². The minimum absolute atomic E-state index is 0.00564. The van der Waals surface area contributed by atoms with Crippen molar-refractivity contribution >= 4 is 11.0 Å². The van der Waals surface area contributed by atoms with Crippen molar-refractivity contribution in [3.63, 3.8) is 0 Å². The van der Waals surface area contributed by atoms with E-state index in [1.54, 1.807) is 0 Å². The molecule has 1 aromatic heterocycles. The van der Waals surface area contributed by atoms with Crippen LogP contribution in [0.5, 0.6) is 0 Å². The minimum atomic E-state index is 0.00564. The lowest BCUT2D eigenvalue weighted by Gasteiger charge is -2.24. The number of aromatic nitrogens is 2. The van der Waals surface area contributed by atoms with E-state index in [0.29, 0.717) is 6.54 Å². The molecular weight excluding hydrogens is 236 g/mol. The van der Waals surface area contributed by atoms with Gasteiger partial charge in [-0.1, -0.05) is 6.07 Å². The molecule has 0 unspecified atom stereocenters. The number of nitrogens with one attached hydrogen (secondary N) is 1. The summed E-state index contributed by atoms with van der Waals surface area (Å²) in [5.74, 6) is 1.05. The van der Waals surface area contributed by atoms with Crippen LogP contribution in [0.25, 0.3) is 11.0 Å². The predicted octanol–water partition coefficient (Wildman–Crippen LogP) is 1.75. The van der Waals surface area contributed by atoms with Gasteiger partial charge >= 0.3 is 0 Å². The number of rotatable bonds is 5. The van der Waals surface area contributed by atoms with Crippen LogP contribution >= 0.6 is 0 Å². The van der Waals surface area contributed by atoms with Gasteiger partial charge in [0.25, 0.3) is 0 Å². The average Bonchev–Trinajstić information content (AvgIpc) is 2.65. The molecule has 3 N–H and O–H groups in total. The van der Waals surface area contributed by atoms with Crippen LogP contribution in [0.3, 0.4) is 0 Å². The van der Waals surface area contributed by atoms with E-state index >= 15 is 0 Å². The third kappa shape index (κ3) is 3.14. The first-order valence-corrected chi connectivity index (χ1v) is 6.80. The summed E-state index contributed by atoms with van der Waals surface area (Å²) in [7, 11) is 2.05. The second-order valence-electron chi connectivity index (χ2n) is 5.81. The number of nitrogens with two attached hydrogens (primary N) is 1. The summed E-state index contributed by atoms with van der Waals surface area (Å²) < 4.78 is 2.12. The largest absolute Gasteiger partial charge is 0.331 e. The van der Waals surface area contributed by atoms with Crippen LogP contribution in [0, 0.1) is 6.92 Å². The van der Waals surface area contributed by atoms with E-state index in [9.17, 15) is 0 Å². The van der Waals surface area contributed by atoms with Gasteiger partial charge in [-0.25, -0.2) is 4.98 Å². The Morgan fingerprint density at radius 1 is 1.37 bits per heavy atom. The molecule has 0 aliphatic carbocycles. The molecule has 0 saturated carbocycles. The highest BCUT2D eigenvalue weighted by atomic mass is 15.0. The molecule has 2 rings (SSSR count). The van der Waals surface area contributed by atoms with Gasteiger partial charge in [-0.15, -0.1) is 0 Å². The fraction of sp³-hybridized carbons (Fsp3) is 0.533. The van der Waals surface area contributed by atoms with E-state index in [0.717, 1.165) is 24.3 Å². The number of benzene rings is 1. The molecule has 4 nitrogen and oxygen atoms in total. The van der Waals surface area contributed by atoms with E-state index in [1.807, 2.05) is 6.92 Å². The summed E-state index contributed by atoms with van der Waals surface area (Å²) >= 11 is 0. The Morgan fingerprint density at radius 3 is 2.79 bits per heavy atom. The van der Waals surface area contributed by atoms with Gasteiger partial charge in [0, 0.05) is 19.1 Å². The summed E-state index contributed by atoms with van der Waals surface area (Å²) in [4.78, 5) is 4.57. The Hall–Kier alpha value is -1.39. The summed E-state index contributed by atoms with van der Waals surface area (Å²) in [6, 6.07) is 6.51. The van der Waals surface area contributed by atoms with Crippen molar-refractivity contribution in [2.24, 2.45) is 12.8 Å². The predicted molar refractivity (Wildman–Crippen MR) is 80.3 cm³/mol. The summed E-state index contributed by atoms with van der Waals surface area (Å²) in [6.45, 7) is 7.86. The van der Waals surface area contributed by atoms with Crippen LogP contribution < -0.4 is 11.1 Å². The van der Waals surface area contributed by atoms with E-state index in [4.69, 9.17) is 5.73 Å². The van der Waals surface area contributed by atoms with Crippen LogP contribution in [-0.2, 0) is 13.5 Å². The number of hydrogen-bond acceptors (Lipinski definition) is 3. The highest BCUT2D eigenvalue weighted by molar-refractivity contribution is 5.76. The Bertz CT molecular complexity index is 569. The molecule has 0 amide bonds. The van der Waals surface area contributed by atoms with Crippen LogP contribution in [0.4, 0.5) is 0 Å². The molecule has 4 heteroatoms. The Morgan fingerprint density at radius 2 is 2.11 bits per heavy atom. The molecule has 0 atom stereocenters. The SMILES string of the molecule is Cc1nc2cc(CCNC(C)(C)CN)ccc2n1C. The van der Waals surface area contributed by atoms with Gasteiger partial charge in [0.05, 0.1) is 11.0 Å². The average molecular weight is 260 g/mol. The Kier molecular flexibility index (Phi) is 3.92. The van der Waals surface area contributed by atoms with Gasteiger partial charge in [0.15, 0.2) is 0 Å². The highest BCUT2D eigenvalue weighted by Gasteiger charge is 2.13. The first kappa shape index (κ1) is 14.0. The van der Waals surface area contributed by atoms with Gasteiger partial charge < -0.3 is 15.6 Å². The van der Waals surface area contributed by atoms with Gasteiger partial charge in [0.2, 0.25) is 0 Å². The fourth-order valence-electron chi connectivity index (χ4n) is 2.14. The molecule has 1 aromatic carbocycles. The van der Waals surface area contributed by atoms with Crippen molar-refractivity contribution in [3.05, 3.63) is 29.6 Å². The van der Waals surface area contributed by atoms with E-state index in [1.165, 1.54) is 11.1 Å². The lowest BCUT2D eigenvalue weighted by molar-refractivity contribution is 0.402. The van der Waals surface area contributed by atoms with Gasteiger partial charge in [-0.3, -0.25) is 0 Å². The fourth-order valence-corrected chi connectivity index (χ4v) is 2.14. The van der Waals surface area contributed by atoms with Gasteiger partial charge in [-0.2, -0.15) is 0 Å². The van der Waals surface area contributed by atoms with E-state index < -0.39 is 0 Å². The topological polar surface area (TPSA) is 55.9 Å².